The summed E-state index contributed by atoms with van der Waals surface area (Å²) in [5.74, 6) is -0.798. The minimum absolute atomic E-state index is 0.118. The highest BCUT2D eigenvalue weighted by molar-refractivity contribution is 6.29. The molecule has 0 radical (unpaired) electrons. The van der Waals surface area contributed by atoms with Crippen LogP contribution in [0, 0.1) is 6.92 Å². The molecule has 0 aromatic heterocycles. The van der Waals surface area contributed by atoms with Crippen LogP contribution in [0.3, 0.4) is 0 Å². The third kappa shape index (κ3) is 4.07. The van der Waals surface area contributed by atoms with Gasteiger partial charge < -0.3 is 10.6 Å². The lowest BCUT2D eigenvalue weighted by atomic mass is 10.2. The van der Waals surface area contributed by atoms with Crippen molar-refractivity contribution in [2.24, 2.45) is 5.73 Å². The number of benzene rings is 1. The molecule has 0 aliphatic heterocycles. The molecule has 0 aliphatic carbocycles. The quantitative estimate of drug-likeness (QED) is 0.809. The van der Waals surface area contributed by atoms with E-state index >= 15 is 0 Å². The van der Waals surface area contributed by atoms with Gasteiger partial charge in [0.1, 0.15) is 5.88 Å². The van der Waals surface area contributed by atoms with Crippen molar-refractivity contribution < 1.29 is 9.59 Å². The Morgan fingerprint density at radius 2 is 1.88 bits per heavy atom. The molecule has 1 aromatic rings. The van der Waals surface area contributed by atoms with Crippen molar-refractivity contribution >= 4 is 29.1 Å². The van der Waals surface area contributed by atoms with Crippen LogP contribution in [-0.4, -0.2) is 24.2 Å². The molecule has 0 saturated carbocycles. The summed E-state index contributed by atoms with van der Waals surface area (Å²) in [6.45, 7) is 2.21. The summed E-state index contributed by atoms with van der Waals surface area (Å²) in [7, 11) is 0. The molecule has 92 valence electrons. The van der Waals surface area contributed by atoms with Crippen molar-refractivity contribution in [1.29, 1.82) is 0 Å². The van der Waals surface area contributed by atoms with Gasteiger partial charge in [-0.25, -0.2) is 0 Å². The number of amides is 2. The molecule has 0 heterocycles. The van der Waals surface area contributed by atoms with Crippen molar-refractivity contribution in [3.63, 3.8) is 0 Å². The van der Waals surface area contributed by atoms with Crippen LogP contribution in [0.25, 0.3) is 0 Å². The third-order valence-electron chi connectivity index (χ3n) is 2.34. The highest BCUT2D eigenvalue weighted by Gasteiger charge is 2.15. The molecule has 1 rings (SSSR count). The molecule has 17 heavy (non-hydrogen) atoms. The Hall–Kier alpha value is -1.55. The van der Waals surface area contributed by atoms with Gasteiger partial charge >= 0.3 is 0 Å². The van der Waals surface area contributed by atoms with E-state index in [1.165, 1.54) is 4.90 Å². The third-order valence-corrected chi connectivity index (χ3v) is 2.57. The number of rotatable bonds is 5. The minimum Gasteiger partial charge on any atom is -0.370 e. The van der Waals surface area contributed by atoms with E-state index in [1.807, 2.05) is 31.2 Å². The zero-order valence-electron chi connectivity index (χ0n) is 9.65. The summed E-state index contributed by atoms with van der Waals surface area (Å²) >= 11 is 5.54. The monoisotopic (exact) mass is 254 g/mol. The maximum Gasteiger partial charge on any atom is 0.241 e. The Morgan fingerprint density at radius 1 is 1.29 bits per heavy atom. The molecule has 1 aromatic carbocycles. The number of nitrogens with two attached hydrogens (primary N) is 1. The standard InChI is InChI=1S/C12H15ClN2O2/c1-9-2-4-10(5-3-9)15(12(17)8-13)7-6-11(14)16/h2-5H,6-8H2,1H3,(H2,14,16). The molecule has 0 spiro atoms. The summed E-state index contributed by atoms with van der Waals surface area (Å²) in [4.78, 5) is 23.9. The molecule has 0 saturated heterocycles. The van der Waals surface area contributed by atoms with Crippen LogP contribution in [0.2, 0.25) is 0 Å². The summed E-state index contributed by atoms with van der Waals surface area (Å²) < 4.78 is 0. The first-order valence-electron chi connectivity index (χ1n) is 5.26. The van der Waals surface area contributed by atoms with Gasteiger partial charge in [0.15, 0.2) is 0 Å². The van der Waals surface area contributed by atoms with E-state index < -0.39 is 5.91 Å². The molecular formula is C12H15ClN2O2. The Balaban J connectivity index is 2.85. The average molecular weight is 255 g/mol. The number of carbonyl (C=O) groups excluding carboxylic acids is 2. The van der Waals surface area contributed by atoms with Crippen LogP contribution in [0.15, 0.2) is 24.3 Å². The number of hydrogen-bond acceptors (Lipinski definition) is 2. The van der Waals surface area contributed by atoms with E-state index in [-0.39, 0.29) is 24.8 Å². The lowest BCUT2D eigenvalue weighted by molar-refractivity contribution is -0.118. The number of carbonyl (C=O) groups is 2. The van der Waals surface area contributed by atoms with Gasteiger partial charge in [-0.05, 0) is 19.1 Å². The van der Waals surface area contributed by atoms with Gasteiger partial charge in [0.2, 0.25) is 11.8 Å². The first kappa shape index (κ1) is 13.5. The van der Waals surface area contributed by atoms with Crippen LogP contribution < -0.4 is 10.6 Å². The molecule has 5 heteroatoms. The van der Waals surface area contributed by atoms with E-state index in [0.29, 0.717) is 0 Å². The van der Waals surface area contributed by atoms with Crippen LogP contribution in [-0.2, 0) is 9.59 Å². The summed E-state index contributed by atoms with van der Waals surface area (Å²) in [6, 6.07) is 7.43. The normalized spacial score (nSPS) is 10.0. The Morgan fingerprint density at radius 3 is 2.35 bits per heavy atom. The fourth-order valence-electron chi connectivity index (χ4n) is 1.42. The Labute approximate surface area is 105 Å². The second-order valence-corrected chi connectivity index (χ2v) is 4.00. The molecular weight excluding hydrogens is 240 g/mol. The van der Waals surface area contributed by atoms with Gasteiger partial charge in [0.05, 0.1) is 0 Å². The maximum absolute atomic E-state index is 11.7. The average Bonchev–Trinajstić information content (AvgIpc) is 2.30. The van der Waals surface area contributed by atoms with E-state index in [4.69, 9.17) is 17.3 Å². The van der Waals surface area contributed by atoms with Crippen molar-refractivity contribution in [3.8, 4) is 0 Å². The predicted molar refractivity (Wildman–Crippen MR) is 68.1 cm³/mol. The topological polar surface area (TPSA) is 63.4 Å². The largest absolute Gasteiger partial charge is 0.370 e. The fourth-order valence-corrected chi connectivity index (χ4v) is 1.56. The second kappa shape index (κ2) is 6.25. The number of hydrogen-bond donors (Lipinski definition) is 1. The maximum atomic E-state index is 11.7. The van der Waals surface area contributed by atoms with Crippen LogP contribution in [0.4, 0.5) is 5.69 Å². The van der Waals surface area contributed by atoms with Gasteiger partial charge in [-0.3, -0.25) is 9.59 Å². The van der Waals surface area contributed by atoms with Crippen LogP contribution in [0.5, 0.6) is 0 Å². The summed E-state index contributed by atoms with van der Waals surface area (Å²) in [6.07, 6.45) is 0.122. The van der Waals surface area contributed by atoms with Gasteiger partial charge in [-0.15, -0.1) is 11.6 Å². The van der Waals surface area contributed by atoms with Gasteiger partial charge in [0.25, 0.3) is 0 Å². The van der Waals surface area contributed by atoms with Gasteiger partial charge in [-0.2, -0.15) is 0 Å². The first-order valence-corrected chi connectivity index (χ1v) is 5.79. The molecule has 2 N–H and O–H groups in total. The first-order chi connectivity index (χ1) is 8.04. The molecule has 0 aliphatic rings. The molecule has 0 unspecified atom stereocenters. The van der Waals surface area contributed by atoms with E-state index in [2.05, 4.69) is 0 Å². The number of alkyl halides is 1. The Kier molecular flexibility index (Phi) is 4.97. The fraction of sp³-hybridized carbons (Fsp3) is 0.333. The number of aryl methyl sites for hydroxylation is 1. The predicted octanol–water partition coefficient (Wildman–Crippen LogP) is 1.44. The van der Waals surface area contributed by atoms with E-state index in [0.717, 1.165) is 11.3 Å². The molecule has 0 atom stereocenters. The lowest BCUT2D eigenvalue weighted by Gasteiger charge is -2.21. The zero-order chi connectivity index (χ0) is 12.8. The van der Waals surface area contributed by atoms with Crippen molar-refractivity contribution in [3.05, 3.63) is 29.8 Å². The number of nitrogens with zero attached hydrogens (tertiary/aromatic N) is 1. The lowest BCUT2D eigenvalue weighted by Crippen LogP contribution is -2.34. The van der Waals surface area contributed by atoms with Crippen molar-refractivity contribution in [2.75, 3.05) is 17.3 Å². The zero-order valence-corrected chi connectivity index (χ0v) is 10.4. The van der Waals surface area contributed by atoms with E-state index in [9.17, 15) is 9.59 Å². The molecule has 4 nitrogen and oxygen atoms in total. The highest BCUT2D eigenvalue weighted by atomic mass is 35.5. The SMILES string of the molecule is Cc1ccc(N(CCC(N)=O)C(=O)CCl)cc1. The van der Waals surface area contributed by atoms with Gasteiger partial charge in [-0.1, -0.05) is 17.7 Å². The van der Waals surface area contributed by atoms with Crippen molar-refractivity contribution in [1.82, 2.24) is 0 Å². The molecule has 0 bridgehead atoms. The molecule has 2 amide bonds. The number of halogens is 1. The number of anilines is 1. The Bertz CT molecular complexity index is 403. The van der Waals surface area contributed by atoms with Crippen LogP contribution >= 0.6 is 11.6 Å². The number of primary amides is 1. The summed E-state index contributed by atoms with van der Waals surface area (Å²) in [5, 5.41) is 0. The minimum atomic E-state index is -0.440. The van der Waals surface area contributed by atoms with Crippen LogP contribution in [0.1, 0.15) is 12.0 Å². The van der Waals surface area contributed by atoms with Gasteiger partial charge in [0, 0.05) is 18.7 Å². The smallest absolute Gasteiger partial charge is 0.241 e. The van der Waals surface area contributed by atoms with E-state index in [1.54, 1.807) is 0 Å². The highest BCUT2D eigenvalue weighted by Crippen LogP contribution is 2.16. The summed E-state index contributed by atoms with van der Waals surface area (Å²) in [5.41, 5.74) is 6.90. The molecule has 0 fully saturated rings. The second-order valence-electron chi connectivity index (χ2n) is 3.73. The van der Waals surface area contributed by atoms with Crippen molar-refractivity contribution in [2.45, 2.75) is 13.3 Å².